The first-order chi connectivity index (χ1) is 6.33. The van der Waals surface area contributed by atoms with E-state index >= 15 is 0 Å². The molecule has 1 unspecified atom stereocenters. The van der Waals surface area contributed by atoms with Gasteiger partial charge in [0.2, 0.25) is 5.91 Å². The van der Waals surface area contributed by atoms with Gasteiger partial charge in [-0.25, -0.2) is 5.01 Å². The van der Waals surface area contributed by atoms with E-state index in [9.17, 15) is 9.59 Å². The van der Waals surface area contributed by atoms with E-state index < -0.39 is 0 Å². The molecule has 0 spiro atoms. The van der Waals surface area contributed by atoms with Crippen LogP contribution in [0.15, 0.2) is 0 Å². The Kier molecular flexibility index (Phi) is 2.31. The van der Waals surface area contributed by atoms with Crippen LogP contribution in [0.1, 0.15) is 25.7 Å². The Hall–Kier alpha value is -0.900. The van der Waals surface area contributed by atoms with Gasteiger partial charge in [0.25, 0.3) is 0 Å². The molecule has 0 radical (unpaired) electrons. The van der Waals surface area contributed by atoms with Crippen LogP contribution in [0.4, 0.5) is 0 Å². The molecule has 1 atom stereocenters. The second-order valence-electron chi connectivity index (χ2n) is 3.63. The smallest absolute Gasteiger partial charge is 0.236 e. The molecule has 4 nitrogen and oxygen atoms in total. The third-order valence-corrected chi connectivity index (χ3v) is 2.79. The van der Waals surface area contributed by atoms with Crippen LogP contribution in [0.25, 0.3) is 0 Å². The van der Waals surface area contributed by atoms with Crippen LogP contribution in [0.5, 0.6) is 0 Å². The maximum Gasteiger partial charge on any atom is 0.236 e. The van der Waals surface area contributed by atoms with Gasteiger partial charge in [0, 0.05) is 19.5 Å². The lowest BCUT2D eigenvalue weighted by Crippen LogP contribution is -2.46. The highest BCUT2D eigenvalue weighted by Crippen LogP contribution is 2.22. The van der Waals surface area contributed by atoms with Gasteiger partial charge in [-0.2, -0.15) is 0 Å². The highest BCUT2D eigenvalue weighted by atomic mass is 16.2. The summed E-state index contributed by atoms with van der Waals surface area (Å²) in [4.78, 5) is 22.1. The molecule has 1 amide bonds. The summed E-state index contributed by atoms with van der Waals surface area (Å²) in [6, 6.07) is -0.0537. The number of hydrogen-bond donors (Lipinski definition) is 0. The predicted molar refractivity (Wildman–Crippen MR) is 46.7 cm³/mol. The molecule has 0 aromatic rings. The zero-order valence-corrected chi connectivity index (χ0v) is 7.61. The molecule has 4 heteroatoms. The lowest BCUT2D eigenvalue weighted by molar-refractivity contribution is -0.145. The maximum atomic E-state index is 11.4. The molecule has 2 fully saturated rings. The second kappa shape index (κ2) is 3.46. The van der Waals surface area contributed by atoms with Crippen molar-refractivity contribution >= 4 is 12.2 Å². The normalized spacial score (nSPS) is 30.0. The SMILES string of the molecule is O=CC1CCCN1N1CCCC1=O. The summed E-state index contributed by atoms with van der Waals surface area (Å²) in [5, 5.41) is 3.69. The van der Waals surface area contributed by atoms with Crippen LogP contribution in [-0.4, -0.2) is 41.3 Å². The molecule has 0 saturated carbocycles. The van der Waals surface area contributed by atoms with Gasteiger partial charge in [-0.15, -0.1) is 0 Å². The van der Waals surface area contributed by atoms with Crippen molar-refractivity contribution in [2.75, 3.05) is 13.1 Å². The van der Waals surface area contributed by atoms with Crippen molar-refractivity contribution in [3.63, 3.8) is 0 Å². The van der Waals surface area contributed by atoms with Gasteiger partial charge in [0.1, 0.15) is 6.29 Å². The van der Waals surface area contributed by atoms with Crippen LogP contribution in [0.3, 0.4) is 0 Å². The first-order valence-electron chi connectivity index (χ1n) is 4.85. The van der Waals surface area contributed by atoms with E-state index in [0.29, 0.717) is 6.42 Å². The number of hydrazine groups is 1. The molecule has 0 bridgehead atoms. The third-order valence-electron chi connectivity index (χ3n) is 2.79. The Labute approximate surface area is 77.5 Å². The van der Waals surface area contributed by atoms with Gasteiger partial charge in [-0.05, 0) is 19.3 Å². The van der Waals surface area contributed by atoms with Gasteiger partial charge >= 0.3 is 0 Å². The Balaban J connectivity index is 2.06. The molecular formula is C9H14N2O2. The van der Waals surface area contributed by atoms with Gasteiger partial charge in [0.15, 0.2) is 0 Å². The molecule has 0 aromatic heterocycles. The van der Waals surface area contributed by atoms with Crippen molar-refractivity contribution in [3.05, 3.63) is 0 Å². The van der Waals surface area contributed by atoms with E-state index in [1.54, 1.807) is 5.01 Å². The number of nitrogens with zero attached hydrogens (tertiary/aromatic N) is 2. The van der Waals surface area contributed by atoms with E-state index in [0.717, 1.165) is 38.6 Å². The van der Waals surface area contributed by atoms with Crippen LogP contribution in [0, 0.1) is 0 Å². The zero-order valence-electron chi connectivity index (χ0n) is 7.61. The summed E-state index contributed by atoms with van der Waals surface area (Å²) < 4.78 is 0. The average Bonchev–Trinajstić information content (AvgIpc) is 2.71. The Bertz CT molecular complexity index is 230. The number of amides is 1. The second-order valence-corrected chi connectivity index (χ2v) is 3.63. The Morgan fingerprint density at radius 1 is 1.31 bits per heavy atom. The van der Waals surface area contributed by atoms with E-state index in [2.05, 4.69) is 0 Å². The largest absolute Gasteiger partial charge is 0.302 e. The summed E-state index contributed by atoms with van der Waals surface area (Å²) in [6.45, 7) is 1.65. The third kappa shape index (κ3) is 1.46. The predicted octanol–water partition coefficient (Wildman–Crippen LogP) is 0.187. The number of hydrogen-bond acceptors (Lipinski definition) is 3. The van der Waals surface area contributed by atoms with Gasteiger partial charge in [-0.1, -0.05) is 0 Å². The molecule has 2 aliphatic heterocycles. The van der Waals surface area contributed by atoms with Crippen molar-refractivity contribution in [2.45, 2.75) is 31.7 Å². The fourth-order valence-corrected chi connectivity index (χ4v) is 2.12. The minimum atomic E-state index is -0.0537. The van der Waals surface area contributed by atoms with Crippen molar-refractivity contribution in [1.29, 1.82) is 0 Å². The summed E-state index contributed by atoms with van der Waals surface area (Å²) in [5.74, 6) is 0.175. The number of carbonyl (C=O) groups excluding carboxylic acids is 2. The highest BCUT2D eigenvalue weighted by Gasteiger charge is 2.33. The van der Waals surface area contributed by atoms with Crippen LogP contribution >= 0.6 is 0 Å². The molecular weight excluding hydrogens is 168 g/mol. The van der Waals surface area contributed by atoms with E-state index in [-0.39, 0.29) is 11.9 Å². The van der Waals surface area contributed by atoms with Crippen LogP contribution in [-0.2, 0) is 9.59 Å². The van der Waals surface area contributed by atoms with E-state index in [1.807, 2.05) is 5.01 Å². The van der Waals surface area contributed by atoms with Crippen molar-refractivity contribution in [3.8, 4) is 0 Å². The van der Waals surface area contributed by atoms with Crippen molar-refractivity contribution in [1.82, 2.24) is 10.0 Å². The van der Waals surface area contributed by atoms with Gasteiger partial charge in [-0.3, -0.25) is 9.80 Å². The first kappa shape index (κ1) is 8.69. The lowest BCUT2D eigenvalue weighted by Gasteiger charge is -2.30. The number of aldehydes is 1. The molecule has 2 heterocycles. The van der Waals surface area contributed by atoms with Crippen molar-refractivity contribution < 1.29 is 9.59 Å². The minimum Gasteiger partial charge on any atom is -0.302 e. The summed E-state index contributed by atoms with van der Waals surface area (Å²) in [6.07, 6.45) is 4.45. The summed E-state index contributed by atoms with van der Waals surface area (Å²) >= 11 is 0. The van der Waals surface area contributed by atoms with Crippen LogP contribution in [0.2, 0.25) is 0 Å². The molecule has 0 aliphatic carbocycles. The maximum absolute atomic E-state index is 11.4. The molecule has 0 N–H and O–H groups in total. The zero-order chi connectivity index (χ0) is 9.26. The van der Waals surface area contributed by atoms with E-state index in [1.165, 1.54) is 0 Å². The highest BCUT2D eigenvalue weighted by molar-refractivity contribution is 5.78. The number of rotatable bonds is 2. The quantitative estimate of drug-likeness (QED) is 0.572. The standard InChI is InChI=1S/C9H14N2O2/c12-7-8-3-1-5-10(8)11-6-2-4-9(11)13/h7-8H,1-6H2. The monoisotopic (exact) mass is 182 g/mol. The molecule has 13 heavy (non-hydrogen) atoms. The van der Waals surface area contributed by atoms with E-state index in [4.69, 9.17) is 0 Å². The number of carbonyl (C=O) groups is 2. The molecule has 2 saturated heterocycles. The summed E-state index contributed by atoms with van der Waals surface area (Å²) in [7, 11) is 0. The van der Waals surface area contributed by atoms with Crippen molar-refractivity contribution in [2.24, 2.45) is 0 Å². The topological polar surface area (TPSA) is 40.6 Å². The lowest BCUT2D eigenvalue weighted by atomic mass is 10.2. The van der Waals surface area contributed by atoms with Crippen LogP contribution < -0.4 is 0 Å². The Morgan fingerprint density at radius 2 is 2.15 bits per heavy atom. The molecule has 2 rings (SSSR count). The first-order valence-corrected chi connectivity index (χ1v) is 4.85. The fraction of sp³-hybridized carbons (Fsp3) is 0.778. The fourth-order valence-electron chi connectivity index (χ4n) is 2.12. The van der Waals surface area contributed by atoms with Gasteiger partial charge in [0.05, 0.1) is 6.04 Å². The summed E-state index contributed by atoms with van der Waals surface area (Å²) in [5.41, 5.74) is 0. The van der Waals surface area contributed by atoms with Gasteiger partial charge < -0.3 is 4.79 Å². The minimum absolute atomic E-state index is 0.0537. The molecule has 0 aromatic carbocycles. The molecule has 72 valence electrons. The Morgan fingerprint density at radius 3 is 2.77 bits per heavy atom. The molecule has 2 aliphatic rings. The average molecular weight is 182 g/mol.